The maximum absolute atomic E-state index is 12.3. The summed E-state index contributed by atoms with van der Waals surface area (Å²) in [4.78, 5) is 17.7. The fourth-order valence-electron chi connectivity index (χ4n) is 2.90. The molecule has 1 aliphatic heterocycles. The van der Waals surface area contributed by atoms with Crippen LogP contribution in [0.3, 0.4) is 0 Å². The first-order valence-corrected chi connectivity index (χ1v) is 9.54. The van der Waals surface area contributed by atoms with Crippen LogP contribution in [0.1, 0.15) is 36.7 Å². The molecule has 3 aromatic rings. The van der Waals surface area contributed by atoms with Crippen LogP contribution in [0.25, 0.3) is 11.5 Å². The third-order valence-corrected chi connectivity index (χ3v) is 5.10. The Morgan fingerprint density at radius 3 is 2.93 bits per heavy atom. The van der Waals surface area contributed by atoms with E-state index in [4.69, 9.17) is 4.74 Å². The van der Waals surface area contributed by atoms with E-state index in [9.17, 15) is 4.79 Å². The molecule has 8 heteroatoms. The lowest BCUT2D eigenvalue weighted by Gasteiger charge is -2.18. The zero-order chi connectivity index (χ0) is 18.8. The molecule has 0 spiro atoms. The first-order chi connectivity index (χ1) is 13.1. The Morgan fingerprint density at radius 2 is 2.07 bits per heavy atom. The van der Waals surface area contributed by atoms with Crippen LogP contribution in [0, 0.1) is 0 Å². The Morgan fingerprint density at radius 1 is 1.22 bits per heavy atom. The highest BCUT2D eigenvalue weighted by molar-refractivity contribution is 8.00. The Labute approximate surface area is 161 Å². The van der Waals surface area contributed by atoms with Crippen molar-refractivity contribution in [3.05, 3.63) is 48.3 Å². The van der Waals surface area contributed by atoms with Crippen LogP contribution in [-0.2, 0) is 0 Å². The first kappa shape index (κ1) is 17.5. The summed E-state index contributed by atoms with van der Waals surface area (Å²) in [6, 6.07) is 11.6. The number of fused-ring (bicyclic) bond motifs is 1. The number of hydrogen-bond acceptors (Lipinski definition) is 7. The number of nitrogens with one attached hydrogen (secondary N) is 1. The van der Waals surface area contributed by atoms with E-state index < -0.39 is 0 Å². The van der Waals surface area contributed by atoms with Crippen LogP contribution < -0.4 is 9.46 Å². The van der Waals surface area contributed by atoms with E-state index in [-0.39, 0.29) is 11.8 Å². The fraction of sp³-hybridized carbons (Fsp3) is 0.263. The van der Waals surface area contributed by atoms with Crippen molar-refractivity contribution >= 4 is 23.5 Å². The molecular formula is C19H19N5O2S. The number of aromatic nitrogens is 4. The number of benzene rings is 1. The van der Waals surface area contributed by atoms with Gasteiger partial charge in [0.25, 0.3) is 0 Å². The Balaban J connectivity index is 1.57. The second-order valence-electron chi connectivity index (χ2n) is 6.42. The molecule has 7 nitrogen and oxygen atoms in total. The van der Waals surface area contributed by atoms with Gasteiger partial charge in [-0.1, -0.05) is 12.1 Å². The van der Waals surface area contributed by atoms with E-state index in [1.54, 1.807) is 6.33 Å². The van der Waals surface area contributed by atoms with E-state index >= 15 is 0 Å². The highest BCUT2D eigenvalue weighted by Gasteiger charge is 2.22. The van der Waals surface area contributed by atoms with Gasteiger partial charge in [0.2, 0.25) is 0 Å². The molecule has 0 saturated carbocycles. The number of carbonyl (C=O) groups excluding carboxylic acids is 1. The Hall–Kier alpha value is -2.87. The Bertz CT molecular complexity index is 986. The molecule has 1 aliphatic rings. The second kappa shape index (κ2) is 7.40. The summed E-state index contributed by atoms with van der Waals surface area (Å²) in [6.45, 7) is 4.58. The zero-order valence-corrected chi connectivity index (χ0v) is 15.9. The smallest absolute Gasteiger partial charge is 0.182 e. The van der Waals surface area contributed by atoms with Crippen LogP contribution >= 0.6 is 11.9 Å². The highest BCUT2D eigenvalue weighted by atomic mass is 32.2. The molecule has 0 unspecified atom stereocenters. The minimum absolute atomic E-state index is 0.105. The van der Waals surface area contributed by atoms with Gasteiger partial charge >= 0.3 is 0 Å². The third kappa shape index (κ3) is 3.52. The molecule has 0 amide bonds. The number of pyridine rings is 1. The molecule has 2 aromatic heterocycles. The van der Waals surface area contributed by atoms with Crippen molar-refractivity contribution in [1.82, 2.24) is 19.7 Å². The van der Waals surface area contributed by atoms with Crippen LogP contribution in [0.4, 0.5) is 5.82 Å². The van der Waals surface area contributed by atoms with Gasteiger partial charge in [0.1, 0.15) is 23.6 Å². The molecule has 0 aliphatic carbocycles. The lowest BCUT2D eigenvalue weighted by atomic mass is 10.1. The van der Waals surface area contributed by atoms with Crippen molar-refractivity contribution in [2.45, 2.75) is 31.2 Å². The topological polar surface area (TPSA) is 81.9 Å². The SMILES string of the molecule is CC(C)n1cnnc1-c1cccc(NSc2cccc3c2C(=O)CCO3)n1. The summed E-state index contributed by atoms with van der Waals surface area (Å²) in [5.74, 6) is 2.15. The van der Waals surface area contributed by atoms with Crippen LogP contribution in [0.15, 0.2) is 47.6 Å². The van der Waals surface area contributed by atoms with Crippen molar-refractivity contribution in [2.75, 3.05) is 11.3 Å². The highest BCUT2D eigenvalue weighted by Crippen LogP contribution is 2.34. The number of Topliss-reactive ketones (excluding diaryl/α,β-unsaturated/α-hetero) is 1. The quantitative estimate of drug-likeness (QED) is 0.669. The van der Waals surface area contributed by atoms with Gasteiger partial charge in [-0.05, 0) is 50.1 Å². The molecule has 0 bridgehead atoms. The summed E-state index contributed by atoms with van der Waals surface area (Å²) in [7, 11) is 0. The van der Waals surface area contributed by atoms with Crippen molar-refractivity contribution in [3.8, 4) is 17.3 Å². The Kier molecular flexibility index (Phi) is 4.81. The summed E-state index contributed by atoms with van der Waals surface area (Å²) in [5, 5.41) is 8.18. The molecular weight excluding hydrogens is 362 g/mol. The summed E-state index contributed by atoms with van der Waals surface area (Å²) >= 11 is 1.35. The zero-order valence-electron chi connectivity index (χ0n) is 15.0. The molecule has 0 radical (unpaired) electrons. The van der Waals surface area contributed by atoms with Gasteiger partial charge < -0.3 is 14.0 Å². The molecule has 0 atom stereocenters. The van der Waals surface area contributed by atoms with Crippen molar-refractivity contribution in [3.63, 3.8) is 0 Å². The van der Waals surface area contributed by atoms with E-state index in [1.165, 1.54) is 11.9 Å². The minimum atomic E-state index is 0.105. The minimum Gasteiger partial charge on any atom is -0.492 e. The predicted octanol–water partition coefficient (Wildman–Crippen LogP) is 4.01. The number of ketones is 1. The van der Waals surface area contributed by atoms with Gasteiger partial charge in [0.15, 0.2) is 11.6 Å². The van der Waals surface area contributed by atoms with E-state index in [2.05, 4.69) is 33.8 Å². The second-order valence-corrected chi connectivity index (χ2v) is 7.27. The number of carbonyl (C=O) groups is 1. The summed E-state index contributed by atoms with van der Waals surface area (Å²) in [6.07, 6.45) is 2.11. The van der Waals surface area contributed by atoms with Crippen molar-refractivity contribution in [1.29, 1.82) is 0 Å². The first-order valence-electron chi connectivity index (χ1n) is 8.72. The van der Waals surface area contributed by atoms with Gasteiger partial charge in [-0.25, -0.2) is 4.98 Å². The number of ether oxygens (including phenoxy) is 1. The molecule has 1 aromatic carbocycles. The number of anilines is 1. The lowest BCUT2D eigenvalue weighted by molar-refractivity contribution is 0.0929. The largest absolute Gasteiger partial charge is 0.492 e. The maximum atomic E-state index is 12.3. The van der Waals surface area contributed by atoms with Gasteiger partial charge in [-0.2, -0.15) is 0 Å². The van der Waals surface area contributed by atoms with Crippen molar-refractivity contribution in [2.24, 2.45) is 0 Å². The monoisotopic (exact) mass is 381 g/mol. The molecule has 27 heavy (non-hydrogen) atoms. The average molecular weight is 381 g/mol. The summed E-state index contributed by atoms with van der Waals surface area (Å²) < 4.78 is 10.8. The number of hydrogen-bond donors (Lipinski definition) is 1. The molecule has 3 heterocycles. The van der Waals surface area contributed by atoms with Crippen LogP contribution in [0.5, 0.6) is 5.75 Å². The molecule has 0 fully saturated rings. The molecule has 4 rings (SSSR count). The van der Waals surface area contributed by atoms with E-state index in [1.807, 2.05) is 41.0 Å². The van der Waals surface area contributed by atoms with Gasteiger partial charge in [-0.15, -0.1) is 10.2 Å². The molecule has 1 N–H and O–H groups in total. The van der Waals surface area contributed by atoms with Crippen molar-refractivity contribution < 1.29 is 9.53 Å². The number of rotatable bonds is 5. The van der Waals surface area contributed by atoms with E-state index in [0.717, 1.165) is 16.4 Å². The van der Waals surface area contributed by atoms with E-state index in [0.29, 0.717) is 30.2 Å². The van der Waals surface area contributed by atoms with Gasteiger partial charge in [0.05, 0.1) is 12.2 Å². The molecule has 138 valence electrons. The lowest BCUT2D eigenvalue weighted by Crippen LogP contribution is -2.16. The van der Waals surface area contributed by atoms with Crippen LogP contribution in [-0.4, -0.2) is 32.1 Å². The normalized spacial score (nSPS) is 13.4. The third-order valence-electron chi connectivity index (χ3n) is 4.23. The number of nitrogens with zero attached hydrogens (tertiary/aromatic N) is 4. The standard InChI is InChI=1S/C19H19N5O2S/c1-12(2)24-11-20-22-19(24)13-5-3-8-17(21-13)23-27-16-7-4-6-15-18(16)14(25)9-10-26-15/h3-8,11-12H,9-10H2,1-2H3,(H,21,23). The fourth-order valence-corrected chi connectivity index (χ4v) is 3.69. The predicted molar refractivity (Wildman–Crippen MR) is 104 cm³/mol. The average Bonchev–Trinajstić information content (AvgIpc) is 3.17. The van der Waals surface area contributed by atoms with Gasteiger partial charge in [0, 0.05) is 17.4 Å². The summed E-state index contributed by atoms with van der Waals surface area (Å²) in [5.41, 5.74) is 1.37. The maximum Gasteiger partial charge on any atom is 0.182 e. The van der Waals surface area contributed by atoms with Crippen LogP contribution in [0.2, 0.25) is 0 Å². The molecule has 0 saturated heterocycles. The van der Waals surface area contributed by atoms with Gasteiger partial charge in [-0.3, -0.25) is 4.79 Å².